The average molecular weight is 621 g/mol. The van der Waals surface area contributed by atoms with Gasteiger partial charge in [0, 0.05) is 13.0 Å². The number of aryl methyl sites for hydroxylation is 2. The van der Waals surface area contributed by atoms with E-state index in [9.17, 15) is 5.11 Å². The maximum atomic E-state index is 10.5. The molecule has 1 aliphatic rings. The van der Waals surface area contributed by atoms with Gasteiger partial charge >= 0.3 is 0 Å². The van der Waals surface area contributed by atoms with Crippen molar-refractivity contribution >= 4 is 0 Å². The van der Waals surface area contributed by atoms with Gasteiger partial charge in [0.2, 0.25) is 0 Å². The van der Waals surface area contributed by atoms with E-state index in [4.69, 9.17) is 18.9 Å². The van der Waals surface area contributed by atoms with Crippen molar-refractivity contribution in [1.82, 2.24) is 0 Å². The van der Waals surface area contributed by atoms with Crippen LogP contribution in [0.15, 0.2) is 116 Å². The molecule has 1 aliphatic heterocycles. The van der Waals surface area contributed by atoms with E-state index in [1.807, 2.05) is 48.5 Å². The van der Waals surface area contributed by atoms with Crippen LogP contribution in [0.4, 0.5) is 0 Å². The van der Waals surface area contributed by atoms with Crippen LogP contribution in [-0.4, -0.2) is 43.2 Å². The van der Waals surface area contributed by atoms with Gasteiger partial charge in [-0.3, -0.25) is 0 Å². The summed E-state index contributed by atoms with van der Waals surface area (Å²) in [4.78, 5) is 0. The Morgan fingerprint density at radius 1 is 0.804 bits per heavy atom. The maximum Gasteiger partial charge on any atom is 0.113 e. The van der Waals surface area contributed by atoms with Crippen molar-refractivity contribution in [2.45, 2.75) is 76.7 Å². The minimum Gasteiger partial charge on any atom is -0.394 e. The molecule has 0 radical (unpaired) electrons. The van der Waals surface area contributed by atoms with Crippen LogP contribution in [-0.2, 0) is 45.0 Å². The Labute approximate surface area is 274 Å². The highest BCUT2D eigenvalue weighted by molar-refractivity contribution is 5.37. The third kappa shape index (κ3) is 9.96. The Morgan fingerprint density at radius 3 is 2.15 bits per heavy atom. The van der Waals surface area contributed by atoms with Crippen molar-refractivity contribution < 1.29 is 24.1 Å². The molecule has 5 heteroatoms. The van der Waals surface area contributed by atoms with Gasteiger partial charge in [-0.25, -0.2) is 0 Å². The van der Waals surface area contributed by atoms with E-state index in [0.29, 0.717) is 26.2 Å². The number of ether oxygens (including phenoxy) is 4. The largest absolute Gasteiger partial charge is 0.394 e. The molecule has 0 aromatic heterocycles. The van der Waals surface area contributed by atoms with Crippen molar-refractivity contribution in [3.63, 3.8) is 0 Å². The molecule has 4 aromatic rings. The average Bonchev–Trinajstić information content (AvgIpc) is 3.10. The van der Waals surface area contributed by atoms with E-state index >= 15 is 0 Å². The molecule has 5 nitrogen and oxygen atoms in total. The summed E-state index contributed by atoms with van der Waals surface area (Å²) in [5.74, 6) is 0. The van der Waals surface area contributed by atoms with E-state index in [1.165, 1.54) is 22.3 Å². The van der Waals surface area contributed by atoms with Gasteiger partial charge in [-0.2, -0.15) is 0 Å². The van der Waals surface area contributed by atoms with Crippen LogP contribution in [0.5, 0.6) is 0 Å². The highest BCUT2D eigenvalue weighted by Crippen LogP contribution is 2.36. The molecular weight excluding hydrogens is 572 g/mol. The van der Waals surface area contributed by atoms with E-state index in [1.54, 1.807) is 6.08 Å². The van der Waals surface area contributed by atoms with Crippen LogP contribution in [0.25, 0.3) is 0 Å². The molecule has 1 N–H and O–H groups in total. The van der Waals surface area contributed by atoms with E-state index in [2.05, 4.69) is 68.1 Å². The Kier molecular flexibility index (Phi) is 13.2. The van der Waals surface area contributed by atoms with Crippen molar-refractivity contribution in [3.8, 4) is 0 Å². The molecule has 5 rings (SSSR count). The molecule has 4 atom stereocenters. The Bertz CT molecular complexity index is 1450. The summed E-state index contributed by atoms with van der Waals surface area (Å²) in [5.41, 5.74) is 8.45. The molecule has 0 spiro atoms. The second kappa shape index (κ2) is 17.9. The summed E-state index contributed by atoms with van der Waals surface area (Å²) < 4.78 is 25.0. The number of aliphatic hydroxyl groups excluding tert-OH is 1. The lowest BCUT2D eigenvalue weighted by molar-refractivity contribution is -0.217. The highest BCUT2D eigenvalue weighted by Gasteiger charge is 2.40. The van der Waals surface area contributed by atoms with Crippen LogP contribution >= 0.6 is 0 Å². The van der Waals surface area contributed by atoms with E-state index in [-0.39, 0.29) is 18.8 Å². The van der Waals surface area contributed by atoms with Crippen LogP contribution < -0.4 is 0 Å². The second-order valence-corrected chi connectivity index (χ2v) is 12.2. The Hall–Kier alpha value is -3.58. The number of hydrogen-bond donors (Lipinski definition) is 1. The Balaban J connectivity index is 1.26. The summed E-state index contributed by atoms with van der Waals surface area (Å²) >= 11 is 0. The lowest BCUT2D eigenvalue weighted by atomic mass is 9.90. The zero-order chi connectivity index (χ0) is 32.0. The van der Waals surface area contributed by atoms with Gasteiger partial charge in [0.1, 0.15) is 12.2 Å². The lowest BCUT2D eigenvalue weighted by Crippen LogP contribution is -2.50. The van der Waals surface area contributed by atoms with Crippen LogP contribution in [0.3, 0.4) is 0 Å². The van der Waals surface area contributed by atoms with Crippen molar-refractivity contribution in [1.29, 1.82) is 0 Å². The normalized spacial score (nSPS) is 19.6. The molecule has 242 valence electrons. The fraction of sp³-hybridized carbons (Fsp3) is 0.366. The molecule has 0 amide bonds. The number of aliphatic hydroxyl groups is 1. The lowest BCUT2D eigenvalue weighted by Gasteiger charge is -2.41. The SMILES string of the molecule is C=CCOCCCCc1ccc(Cc2cc(C3CC(OCc4ccccc4)[C@H](OCc4ccccc4)C(CO)O3)ccc2C)cc1. The summed E-state index contributed by atoms with van der Waals surface area (Å²) in [7, 11) is 0. The number of hydrogen-bond acceptors (Lipinski definition) is 5. The molecular formula is C41H48O5. The minimum atomic E-state index is -0.505. The molecule has 3 unspecified atom stereocenters. The zero-order valence-corrected chi connectivity index (χ0v) is 27.1. The van der Waals surface area contributed by atoms with Gasteiger partial charge in [0.25, 0.3) is 0 Å². The van der Waals surface area contributed by atoms with Crippen molar-refractivity contribution in [2.75, 3.05) is 19.8 Å². The van der Waals surface area contributed by atoms with Gasteiger partial charge in [0.05, 0.1) is 38.6 Å². The standard InChI is InChI=1S/C41H48O5/c1-3-23-43-24-11-10-12-32-18-20-33(21-19-32)25-37-26-36(22-17-31(37)2)38-27-39(44-29-34-13-6-4-7-14-34)41(40(28-42)46-38)45-30-35-15-8-5-9-16-35/h3-9,13-22,26,38-42H,1,10-12,23-25,27-30H2,2H3/t38?,39?,40?,41-/m0/s1. The zero-order valence-electron chi connectivity index (χ0n) is 27.1. The number of benzene rings is 4. The molecule has 0 saturated carbocycles. The van der Waals surface area contributed by atoms with Crippen LogP contribution in [0.2, 0.25) is 0 Å². The maximum absolute atomic E-state index is 10.5. The molecule has 46 heavy (non-hydrogen) atoms. The van der Waals surface area contributed by atoms with Gasteiger partial charge in [-0.1, -0.05) is 109 Å². The van der Waals surface area contributed by atoms with Crippen LogP contribution in [0, 0.1) is 6.92 Å². The summed E-state index contributed by atoms with van der Waals surface area (Å²) in [5, 5.41) is 10.5. The first-order valence-electron chi connectivity index (χ1n) is 16.6. The van der Waals surface area contributed by atoms with Crippen molar-refractivity contribution in [2.24, 2.45) is 0 Å². The van der Waals surface area contributed by atoms with Crippen LogP contribution in [0.1, 0.15) is 64.3 Å². The summed E-state index contributed by atoms with van der Waals surface area (Å²) in [6, 6.07) is 35.9. The van der Waals surface area contributed by atoms with Gasteiger partial charge in [-0.05, 0) is 71.6 Å². The second-order valence-electron chi connectivity index (χ2n) is 12.2. The van der Waals surface area contributed by atoms with Gasteiger partial charge in [-0.15, -0.1) is 6.58 Å². The third-order valence-corrected chi connectivity index (χ3v) is 8.69. The summed E-state index contributed by atoms with van der Waals surface area (Å²) in [6.07, 6.45) is 5.14. The predicted molar refractivity (Wildman–Crippen MR) is 184 cm³/mol. The number of rotatable bonds is 17. The number of unbranched alkanes of at least 4 members (excludes halogenated alkanes) is 1. The minimum absolute atomic E-state index is 0.145. The fourth-order valence-corrected chi connectivity index (χ4v) is 6.04. The molecule has 4 aromatic carbocycles. The van der Waals surface area contributed by atoms with Gasteiger partial charge in [0.15, 0.2) is 0 Å². The quantitative estimate of drug-likeness (QED) is 0.0955. The molecule has 1 heterocycles. The topological polar surface area (TPSA) is 57.2 Å². The van der Waals surface area contributed by atoms with E-state index in [0.717, 1.165) is 49.0 Å². The fourth-order valence-electron chi connectivity index (χ4n) is 6.04. The monoisotopic (exact) mass is 620 g/mol. The smallest absolute Gasteiger partial charge is 0.113 e. The predicted octanol–water partition coefficient (Wildman–Crippen LogP) is 8.10. The molecule has 0 bridgehead atoms. The molecule has 1 fully saturated rings. The first-order valence-corrected chi connectivity index (χ1v) is 16.6. The van der Waals surface area contributed by atoms with Gasteiger partial charge < -0.3 is 24.1 Å². The first-order chi connectivity index (χ1) is 22.6. The van der Waals surface area contributed by atoms with Crippen molar-refractivity contribution in [3.05, 3.63) is 155 Å². The first kappa shape index (κ1) is 33.8. The van der Waals surface area contributed by atoms with E-state index < -0.39 is 12.2 Å². The Morgan fingerprint density at radius 2 is 1.48 bits per heavy atom. The molecule has 1 saturated heterocycles. The summed E-state index contributed by atoms with van der Waals surface area (Å²) in [6.45, 7) is 8.02. The highest BCUT2D eigenvalue weighted by atomic mass is 16.6. The third-order valence-electron chi connectivity index (χ3n) is 8.69. The molecule has 0 aliphatic carbocycles.